The van der Waals surface area contributed by atoms with Crippen molar-refractivity contribution in [3.05, 3.63) is 54.0 Å². The topological polar surface area (TPSA) is 72.1 Å². The fourth-order valence-electron chi connectivity index (χ4n) is 2.41. The molecule has 3 rings (SSSR count). The van der Waals surface area contributed by atoms with Crippen LogP contribution in [0.25, 0.3) is 11.5 Å². The SMILES string of the molecule is Cc1noc(-c2cccnc2N(C)Cc2ccc(S(C)=O)cc2)n1. The first kappa shape index (κ1) is 16.3. The number of rotatable bonds is 5. The van der Waals surface area contributed by atoms with Gasteiger partial charge in [-0.15, -0.1) is 0 Å². The molecule has 0 fully saturated rings. The van der Waals surface area contributed by atoms with Crippen LogP contribution in [0, 0.1) is 6.92 Å². The average molecular weight is 342 g/mol. The molecule has 6 nitrogen and oxygen atoms in total. The minimum absolute atomic E-state index is 0.458. The summed E-state index contributed by atoms with van der Waals surface area (Å²) in [6.07, 6.45) is 3.41. The van der Waals surface area contributed by atoms with Crippen LogP contribution in [0.2, 0.25) is 0 Å². The van der Waals surface area contributed by atoms with Gasteiger partial charge in [0.05, 0.1) is 5.56 Å². The summed E-state index contributed by atoms with van der Waals surface area (Å²) in [6, 6.07) is 11.5. The summed E-state index contributed by atoms with van der Waals surface area (Å²) in [6.45, 7) is 2.44. The first-order valence-electron chi connectivity index (χ1n) is 7.44. The maximum atomic E-state index is 11.5. The fraction of sp³-hybridized carbons (Fsp3) is 0.235. The highest BCUT2D eigenvalue weighted by Crippen LogP contribution is 2.27. The molecule has 1 aromatic carbocycles. The molecule has 0 bridgehead atoms. The van der Waals surface area contributed by atoms with Crippen LogP contribution in [0.4, 0.5) is 5.82 Å². The zero-order valence-corrected chi connectivity index (χ0v) is 14.6. The third-order valence-electron chi connectivity index (χ3n) is 3.58. The lowest BCUT2D eigenvalue weighted by Crippen LogP contribution is -2.18. The molecule has 0 spiro atoms. The van der Waals surface area contributed by atoms with Crippen molar-refractivity contribution >= 4 is 16.6 Å². The Bertz CT molecular complexity index is 861. The third-order valence-corrected chi connectivity index (χ3v) is 4.52. The summed E-state index contributed by atoms with van der Waals surface area (Å²) in [5.41, 5.74) is 1.90. The zero-order chi connectivity index (χ0) is 17.1. The molecule has 0 N–H and O–H groups in total. The molecule has 124 valence electrons. The summed E-state index contributed by atoms with van der Waals surface area (Å²) in [7, 11) is 0.994. The Morgan fingerprint density at radius 1 is 1.21 bits per heavy atom. The molecule has 0 amide bonds. The lowest BCUT2D eigenvalue weighted by atomic mass is 10.2. The van der Waals surface area contributed by atoms with Crippen molar-refractivity contribution < 1.29 is 8.73 Å². The van der Waals surface area contributed by atoms with Gasteiger partial charge >= 0.3 is 0 Å². The van der Waals surface area contributed by atoms with Gasteiger partial charge in [0.1, 0.15) is 5.82 Å². The van der Waals surface area contributed by atoms with E-state index >= 15 is 0 Å². The lowest BCUT2D eigenvalue weighted by molar-refractivity contribution is 0.425. The van der Waals surface area contributed by atoms with E-state index in [9.17, 15) is 4.21 Å². The van der Waals surface area contributed by atoms with Crippen LogP contribution in [-0.4, -0.2) is 32.6 Å². The number of pyridine rings is 1. The molecule has 0 saturated heterocycles. The van der Waals surface area contributed by atoms with Gasteiger partial charge in [-0.05, 0) is 36.8 Å². The molecule has 1 atom stereocenters. The van der Waals surface area contributed by atoms with E-state index in [0.29, 0.717) is 18.3 Å². The standard InChI is InChI=1S/C17H18N4O2S/c1-12-19-17(23-20-12)15-5-4-10-18-16(15)21(2)11-13-6-8-14(9-7-13)24(3)22/h4-10H,11H2,1-3H3. The smallest absolute Gasteiger partial charge is 0.261 e. The summed E-state index contributed by atoms with van der Waals surface area (Å²) in [4.78, 5) is 11.6. The first-order valence-corrected chi connectivity index (χ1v) is 8.99. The van der Waals surface area contributed by atoms with Crippen molar-refractivity contribution in [2.45, 2.75) is 18.4 Å². The van der Waals surface area contributed by atoms with Crippen molar-refractivity contribution in [3.63, 3.8) is 0 Å². The first-order chi connectivity index (χ1) is 11.5. The molecule has 2 aromatic heterocycles. The Hall–Kier alpha value is -2.54. The van der Waals surface area contributed by atoms with Gasteiger partial charge in [0.15, 0.2) is 5.82 Å². The van der Waals surface area contributed by atoms with E-state index < -0.39 is 10.8 Å². The summed E-state index contributed by atoms with van der Waals surface area (Å²) in [5.74, 6) is 1.81. The average Bonchev–Trinajstić information content (AvgIpc) is 3.01. The highest BCUT2D eigenvalue weighted by molar-refractivity contribution is 7.84. The van der Waals surface area contributed by atoms with Crippen molar-refractivity contribution in [2.24, 2.45) is 0 Å². The molecule has 24 heavy (non-hydrogen) atoms. The normalized spacial score (nSPS) is 12.1. The Labute approximate surface area is 143 Å². The molecular formula is C17H18N4O2S. The highest BCUT2D eigenvalue weighted by Gasteiger charge is 2.15. The van der Waals surface area contributed by atoms with E-state index in [1.807, 2.05) is 48.3 Å². The molecule has 0 saturated carbocycles. The van der Waals surface area contributed by atoms with E-state index in [-0.39, 0.29) is 0 Å². The quantitative estimate of drug-likeness (QED) is 0.710. The zero-order valence-electron chi connectivity index (χ0n) is 13.8. The largest absolute Gasteiger partial charge is 0.355 e. The molecule has 2 heterocycles. The summed E-state index contributed by atoms with van der Waals surface area (Å²) in [5, 5.41) is 3.84. The van der Waals surface area contributed by atoms with Gasteiger partial charge in [0.2, 0.25) is 0 Å². The van der Waals surface area contributed by atoms with Crippen LogP contribution in [0.3, 0.4) is 0 Å². The predicted octanol–water partition coefficient (Wildman–Crippen LogP) is 2.81. The van der Waals surface area contributed by atoms with Gasteiger partial charge in [-0.2, -0.15) is 4.98 Å². The molecule has 0 aliphatic heterocycles. The lowest BCUT2D eigenvalue weighted by Gasteiger charge is -2.20. The molecule has 0 aliphatic rings. The van der Waals surface area contributed by atoms with E-state index in [1.165, 1.54) is 0 Å². The Kier molecular flexibility index (Phi) is 4.71. The molecule has 0 radical (unpaired) electrons. The van der Waals surface area contributed by atoms with Gasteiger partial charge < -0.3 is 9.42 Å². The van der Waals surface area contributed by atoms with E-state index in [4.69, 9.17) is 4.52 Å². The van der Waals surface area contributed by atoms with Gasteiger partial charge in [0, 0.05) is 41.7 Å². The van der Waals surface area contributed by atoms with Gasteiger partial charge in [-0.3, -0.25) is 4.21 Å². The molecule has 3 aromatic rings. The minimum Gasteiger partial charge on any atom is -0.355 e. The maximum absolute atomic E-state index is 11.5. The van der Waals surface area contributed by atoms with Crippen LogP contribution >= 0.6 is 0 Å². The second kappa shape index (κ2) is 6.92. The van der Waals surface area contributed by atoms with E-state index in [2.05, 4.69) is 15.1 Å². The van der Waals surface area contributed by atoms with Gasteiger partial charge in [0.25, 0.3) is 5.89 Å². The Morgan fingerprint density at radius 2 is 1.96 bits per heavy atom. The molecule has 7 heteroatoms. The van der Waals surface area contributed by atoms with Crippen LogP contribution in [-0.2, 0) is 17.3 Å². The highest BCUT2D eigenvalue weighted by atomic mass is 32.2. The Morgan fingerprint density at radius 3 is 2.58 bits per heavy atom. The summed E-state index contributed by atoms with van der Waals surface area (Å²) < 4.78 is 16.7. The summed E-state index contributed by atoms with van der Waals surface area (Å²) >= 11 is 0. The van der Waals surface area contributed by atoms with Gasteiger partial charge in [-0.1, -0.05) is 17.3 Å². The van der Waals surface area contributed by atoms with E-state index in [1.54, 1.807) is 19.4 Å². The Balaban J connectivity index is 1.85. The molecule has 0 aliphatic carbocycles. The number of aromatic nitrogens is 3. The van der Waals surface area contributed by atoms with Crippen molar-refractivity contribution in [3.8, 4) is 11.5 Å². The monoisotopic (exact) mass is 342 g/mol. The fourth-order valence-corrected chi connectivity index (χ4v) is 2.93. The van der Waals surface area contributed by atoms with Gasteiger partial charge in [-0.25, -0.2) is 4.98 Å². The predicted molar refractivity (Wildman–Crippen MR) is 93.1 cm³/mol. The number of anilines is 1. The number of hydrogen-bond acceptors (Lipinski definition) is 6. The van der Waals surface area contributed by atoms with Crippen molar-refractivity contribution in [1.82, 2.24) is 15.1 Å². The number of aryl methyl sites for hydroxylation is 1. The van der Waals surface area contributed by atoms with Crippen LogP contribution in [0.1, 0.15) is 11.4 Å². The molecular weight excluding hydrogens is 324 g/mol. The second-order valence-corrected chi connectivity index (χ2v) is 6.86. The third kappa shape index (κ3) is 3.51. The maximum Gasteiger partial charge on any atom is 0.261 e. The molecule has 1 unspecified atom stereocenters. The number of nitrogens with zero attached hydrogens (tertiary/aromatic N) is 4. The van der Waals surface area contributed by atoms with Crippen molar-refractivity contribution in [1.29, 1.82) is 0 Å². The van der Waals surface area contributed by atoms with Crippen molar-refractivity contribution in [2.75, 3.05) is 18.2 Å². The number of hydrogen-bond donors (Lipinski definition) is 0. The minimum atomic E-state index is -0.966. The number of benzene rings is 1. The van der Waals surface area contributed by atoms with Crippen LogP contribution in [0.15, 0.2) is 52.0 Å². The van der Waals surface area contributed by atoms with E-state index in [0.717, 1.165) is 21.8 Å². The van der Waals surface area contributed by atoms with Crippen LogP contribution in [0.5, 0.6) is 0 Å². The second-order valence-electron chi connectivity index (χ2n) is 5.48. The van der Waals surface area contributed by atoms with Crippen LogP contribution < -0.4 is 4.90 Å².